The zero-order chi connectivity index (χ0) is 14.2. The van der Waals surface area contributed by atoms with Gasteiger partial charge in [0.15, 0.2) is 0 Å². The second-order valence-electron chi connectivity index (χ2n) is 5.02. The van der Waals surface area contributed by atoms with Crippen LogP contribution in [-0.4, -0.2) is 15.0 Å². The van der Waals surface area contributed by atoms with Crippen molar-refractivity contribution >= 4 is 15.7 Å². The summed E-state index contributed by atoms with van der Waals surface area (Å²) in [4.78, 5) is 0.249. The number of nitrogens with one attached hydrogen (secondary N) is 1. The van der Waals surface area contributed by atoms with E-state index in [1.54, 1.807) is 12.1 Å². The maximum Gasteiger partial charge on any atom is 0.240 e. The quantitative estimate of drug-likeness (QED) is 0.844. The molecular weight excluding hydrogens is 272 g/mol. The van der Waals surface area contributed by atoms with Gasteiger partial charge in [0.1, 0.15) is 0 Å². The molecule has 4 nitrogen and oxygen atoms in total. The summed E-state index contributed by atoms with van der Waals surface area (Å²) in [6, 6.07) is 14.4. The van der Waals surface area contributed by atoms with Gasteiger partial charge < -0.3 is 5.73 Å². The predicted molar refractivity (Wildman–Crippen MR) is 78.9 cm³/mol. The highest BCUT2D eigenvalue weighted by molar-refractivity contribution is 7.89. The average Bonchev–Trinajstić information content (AvgIpc) is 2.40. The fourth-order valence-electron chi connectivity index (χ4n) is 2.49. The van der Waals surface area contributed by atoms with E-state index >= 15 is 0 Å². The van der Waals surface area contributed by atoms with Crippen LogP contribution in [0.5, 0.6) is 0 Å². The van der Waals surface area contributed by atoms with Crippen LogP contribution in [0.15, 0.2) is 53.4 Å². The number of nitrogens with two attached hydrogens (primary N) is 1. The number of rotatable bonds is 4. The Morgan fingerprint density at radius 2 is 1.80 bits per heavy atom. The van der Waals surface area contributed by atoms with Crippen molar-refractivity contribution < 1.29 is 8.42 Å². The maximum absolute atomic E-state index is 12.1. The summed E-state index contributed by atoms with van der Waals surface area (Å²) in [7, 11) is -3.46. The Hall–Kier alpha value is -1.85. The molecule has 0 fully saturated rings. The second kappa shape index (κ2) is 4.92. The van der Waals surface area contributed by atoms with E-state index in [2.05, 4.69) is 16.9 Å². The molecule has 1 aliphatic rings. The molecule has 1 unspecified atom stereocenters. The van der Waals surface area contributed by atoms with E-state index < -0.39 is 10.0 Å². The summed E-state index contributed by atoms with van der Waals surface area (Å²) < 4.78 is 27.0. The van der Waals surface area contributed by atoms with Crippen molar-refractivity contribution in [2.75, 3.05) is 12.3 Å². The molecule has 0 radical (unpaired) electrons. The van der Waals surface area contributed by atoms with Crippen LogP contribution in [-0.2, 0) is 16.4 Å². The van der Waals surface area contributed by atoms with E-state index in [-0.39, 0.29) is 10.8 Å². The molecule has 0 bridgehead atoms. The molecule has 2 aromatic rings. The predicted octanol–water partition coefficient (Wildman–Crippen LogP) is 1.89. The van der Waals surface area contributed by atoms with Crippen molar-refractivity contribution in [1.29, 1.82) is 0 Å². The first kappa shape index (κ1) is 13.1. The standard InChI is InChI=1S/C15H16N2O2S/c16-13-5-7-14(8-6-13)20(18,19)17-10-12-9-11-3-1-2-4-15(11)12/h1-8,12,17H,9-10,16H2. The van der Waals surface area contributed by atoms with Crippen molar-refractivity contribution in [3.05, 3.63) is 59.7 Å². The summed E-state index contributed by atoms with van der Waals surface area (Å²) in [5.74, 6) is 0.273. The zero-order valence-corrected chi connectivity index (χ0v) is 11.7. The maximum atomic E-state index is 12.1. The van der Waals surface area contributed by atoms with E-state index in [1.165, 1.54) is 23.3 Å². The van der Waals surface area contributed by atoms with Gasteiger partial charge >= 0.3 is 0 Å². The van der Waals surface area contributed by atoms with E-state index in [0.717, 1.165) is 6.42 Å². The summed E-state index contributed by atoms with van der Waals surface area (Å²) in [5, 5.41) is 0. The molecule has 3 rings (SSSR count). The fraction of sp³-hybridized carbons (Fsp3) is 0.200. The van der Waals surface area contributed by atoms with Gasteiger partial charge in [-0.15, -0.1) is 0 Å². The first-order valence-corrected chi connectivity index (χ1v) is 7.97. The fourth-order valence-corrected chi connectivity index (χ4v) is 3.57. The molecule has 1 aliphatic carbocycles. The van der Waals surface area contributed by atoms with Crippen LogP contribution in [0.2, 0.25) is 0 Å². The lowest BCUT2D eigenvalue weighted by Gasteiger charge is -2.30. The minimum absolute atomic E-state index is 0.249. The van der Waals surface area contributed by atoms with Crippen molar-refractivity contribution in [2.45, 2.75) is 17.2 Å². The molecule has 0 aromatic heterocycles. The Morgan fingerprint density at radius 1 is 1.10 bits per heavy atom. The molecule has 20 heavy (non-hydrogen) atoms. The number of sulfonamides is 1. The van der Waals surface area contributed by atoms with Gasteiger partial charge in [0.25, 0.3) is 0 Å². The minimum atomic E-state index is -3.46. The molecular formula is C15H16N2O2S. The monoisotopic (exact) mass is 288 g/mol. The van der Waals surface area contributed by atoms with Crippen LogP contribution in [0.3, 0.4) is 0 Å². The SMILES string of the molecule is Nc1ccc(S(=O)(=O)NCC2Cc3ccccc32)cc1. The topological polar surface area (TPSA) is 72.2 Å². The first-order valence-electron chi connectivity index (χ1n) is 6.49. The van der Waals surface area contributed by atoms with Gasteiger partial charge in [-0.05, 0) is 41.8 Å². The molecule has 104 valence electrons. The number of benzene rings is 2. The largest absolute Gasteiger partial charge is 0.399 e. The number of anilines is 1. The third-order valence-corrected chi connectivity index (χ3v) is 5.11. The van der Waals surface area contributed by atoms with E-state index in [9.17, 15) is 8.42 Å². The third kappa shape index (κ3) is 2.42. The van der Waals surface area contributed by atoms with Crippen molar-refractivity contribution in [3.8, 4) is 0 Å². The Balaban J connectivity index is 1.68. The van der Waals surface area contributed by atoms with Gasteiger partial charge in [0.05, 0.1) is 4.90 Å². The van der Waals surface area contributed by atoms with E-state index in [1.807, 2.05) is 12.1 Å². The van der Waals surface area contributed by atoms with Crippen LogP contribution >= 0.6 is 0 Å². The highest BCUT2D eigenvalue weighted by Gasteiger charge is 2.26. The summed E-state index contributed by atoms with van der Waals surface area (Å²) >= 11 is 0. The lowest BCUT2D eigenvalue weighted by atomic mass is 9.78. The Labute approximate surface area is 118 Å². The molecule has 0 saturated heterocycles. The average molecular weight is 288 g/mol. The van der Waals surface area contributed by atoms with Gasteiger partial charge in [-0.25, -0.2) is 13.1 Å². The van der Waals surface area contributed by atoms with Gasteiger partial charge in [-0.1, -0.05) is 24.3 Å². The van der Waals surface area contributed by atoms with Crippen LogP contribution < -0.4 is 10.5 Å². The van der Waals surface area contributed by atoms with Crippen molar-refractivity contribution in [3.63, 3.8) is 0 Å². The van der Waals surface area contributed by atoms with Gasteiger partial charge in [-0.3, -0.25) is 0 Å². The lowest BCUT2D eigenvalue weighted by molar-refractivity contribution is 0.552. The normalized spacial score (nSPS) is 17.3. The van der Waals surface area contributed by atoms with Crippen LogP contribution in [0.4, 0.5) is 5.69 Å². The number of nitrogen functional groups attached to an aromatic ring is 1. The Kier molecular flexibility index (Phi) is 3.23. The molecule has 0 amide bonds. The number of fused-ring (bicyclic) bond motifs is 1. The van der Waals surface area contributed by atoms with Crippen molar-refractivity contribution in [2.24, 2.45) is 0 Å². The smallest absolute Gasteiger partial charge is 0.240 e. The molecule has 2 aromatic carbocycles. The van der Waals surface area contributed by atoms with Crippen LogP contribution in [0.25, 0.3) is 0 Å². The van der Waals surface area contributed by atoms with Gasteiger partial charge in [-0.2, -0.15) is 0 Å². The highest BCUT2D eigenvalue weighted by atomic mass is 32.2. The summed E-state index contributed by atoms with van der Waals surface area (Å²) in [6.07, 6.45) is 0.931. The molecule has 5 heteroatoms. The number of hydrogen-bond donors (Lipinski definition) is 2. The molecule has 0 spiro atoms. The van der Waals surface area contributed by atoms with Gasteiger partial charge in [0.2, 0.25) is 10.0 Å². The van der Waals surface area contributed by atoms with Gasteiger partial charge in [0, 0.05) is 18.2 Å². The molecule has 1 atom stereocenters. The van der Waals surface area contributed by atoms with E-state index in [0.29, 0.717) is 12.2 Å². The Bertz CT molecular complexity index is 724. The van der Waals surface area contributed by atoms with Crippen molar-refractivity contribution in [1.82, 2.24) is 4.72 Å². The second-order valence-corrected chi connectivity index (χ2v) is 6.79. The first-order chi connectivity index (χ1) is 9.56. The molecule has 0 aliphatic heterocycles. The number of hydrogen-bond acceptors (Lipinski definition) is 3. The highest BCUT2D eigenvalue weighted by Crippen LogP contribution is 2.34. The lowest BCUT2D eigenvalue weighted by Crippen LogP contribution is -2.33. The molecule has 3 N–H and O–H groups in total. The Morgan fingerprint density at radius 3 is 2.50 bits per heavy atom. The zero-order valence-electron chi connectivity index (χ0n) is 10.9. The minimum Gasteiger partial charge on any atom is -0.399 e. The van der Waals surface area contributed by atoms with E-state index in [4.69, 9.17) is 5.73 Å². The molecule has 0 saturated carbocycles. The van der Waals surface area contributed by atoms with Crippen LogP contribution in [0.1, 0.15) is 17.0 Å². The molecule has 0 heterocycles. The summed E-state index contributed by atoms with van der Waals surface area (Å²) in [6.45, 7) is 0.434. The summed E-state index contributed by atoms with van der Waals surface area (Å²) in [5.41, 5.74) is 8.67. The van der Waals surface area contributed by atoms with Crippen LogP contribution in [0, 0.1) is 0 Å². The third-order valence-electron chi connectivity index (χ3n) is 3.67.